The highest BCUT2D eigenvalue weighted by atomic mass is 35.5. The van der Waals surface area contributed by atoms with Gasteiger partial charge in [-0.3, -0.25) is 13.8 Å². The van der Waals surface area contributed by atoms with E-state index in [9.17, 15) is 22.6 Å². The van der Waals surface area contributed by atoms with Gasteiger partial charge in [-0.05, 0) is 63.6 Å². The summed E-state index contributed by atoms with van der Waals surface area (Å²) in [6.45, 7) is 11.3. The molecule has 0 spiro atoms. The van der Waals surface area contributed by atoms with Gasteiger partial charge in [-0.25, -0.2) is 8.78 Å². The third-order valence-electron chi connectivity index (χ3n) is 5.35. The van der Waals surface area contributed by atoms with E-state index in [0.717, 1.165) is 0 Å². The number of carbonyl (C=O) groups is 2. The number of ether oxygens (including phenoxy) is 1. The zero-order valence-electron chi connectivity index (χ0n) is 22.3. The molecule has 4 atom stereocenters. The highest BCUT2D eigenvalue weighted by Crippen LogP contribution is 2.32. The molecule has 11 heteroatoms. The second-order valence-electron chi connectivity index (χ2n) is 9.27. The number of morpholine rings is 1. The zero-order valence-corrected chi connectivity index (χ0v) is 24.7. The molecule has 0 bridgehead atoms. The number of carboxylic acid groups (broad SMARTS) is 1. The smallest absolute Gasteiger partial charge is 0.306 e. The quantitative estimate of drug-likeness (QED) is 0.404. The Morgan fingerprint density at radius 3 is 2.29 bits per heavy atom. The van der Waals surface area contributed by atoms with Crippen molar-refractivity contribution >= 4 is 45.9 Å². The summed E-state index contributed by atoms with van der Waals surface area (Å²) < 4.78 is 43.7. The van der Waals surface area contributed by atoms with Crippen molar-refractivity contribution in [1.29, 1.82) is 0 Å². The van der Waals surface area contributed by atoms with Crippen LogP contribution < -0.4 is 0 Å². The molecule has 4 unspecified atom stereocenters. The predicted octanol–water partition coefficient (Wildman–Crippen LogP) is 6.66. The molecule has 1 aliphatic rings. The average Bonchev–Trinajstić information content (AvgIpc) is 2.82. The molecule has 1 fully saturated rings. The minimum absolute atomic E-state index is 0.0112. The SMILES string of the molecule is CC.CC(CS(=O)C(C)(C)C)N1C(=O)C(CC(=O)O)OCC1c1ccc(Cl)c(F)c1.Fc1cccc(Cl)c1. The summed E-state index contributed by atoms with van der Waals surface area (Å²) in [7, 11) is -1.23. The Balaban J connectivity index is 0.000000607. The van der Waals surface area contributed by atoms with Gasteiger partial charge in [0, 0.05) is 32.4 Å². The normalized spacial score (nSPS) is 18.9. The van der Waals surface area contributed by atoms with E-state index >= 15 is 0 Å². The van der Waals surface area contributed by atoms with Crippen LogP contribution in [0.25, 0.3) is 0 Å². The molecule has 1 heterocycles. The summed E-state index contributed by atoms with van der Waals surface area (Å²) in [6, 6.07) is 8.96. The Labute approximate surface area is 235 Å². The summed E-state index contributed by atoms with van der Waals surface area (Å²) in [5.41, 5.74) is 0.484. The lowest BCUT2D eigenvalue weighted by Gasteiger charge is -2.43. The molecule has 6 nitrogen and oxygen atoms in total. The van der Waals surface area contributed by atoms with Crippen LogP contribution in [0.4, 0.5) is 8.78 Å². The molecule has 38 heavy (non-hydrogen) atoms. The van der Waals surface area contributed by atoms with Gasteiger partial charge in [0.15, 0.2) is 0 Å². The fourth-order valence-corrected chi connectivity index (χ4v) is 4.89. The summed E-state index contributed by atoms with van der Waals surface area (Å²) in [4.78, 5) is 25.5. The minimum atomic E-state index is -1.23. The van der Waals surface area contributed by atoms with Crippen molar-refractivity contribution in [1.82, 2.24) is 4.90 Å². The van der Waals surface area contributed by atoms with E-state index in [1.165, 1.54) is 29.2 Å². The molecule has 1 amide bonds. The van der Waals surface area contributed by atoms with Gasteiger partial charge in [0.05, 0.1) is 24.1 Å². The largest absolute Gasteiger partial charge is 0.481 e. The van der Waals surface area contributed by atoms with Crippen LogP contribution in [0, 0.1) is 11.6 Å². The van der Waals surface area contributed by atoms with Crippen LogP contribution >= 0.6 is 23.2 Å². The zero-order chi connectivity index (χ0) is 29.2. The number of rotatable bonds is 6. The van der Waals surface area contributed by atoms with E-state index in [2.05, 4.69) is 0 Å². The number of nitrogens with zero attached hydrogens (tertiary/aromatic N) is 1. The van der Waals surface area contributed by atoms with E-state index in [1.54, 1.807) is 25.1 Å². The van der Waals surface area contributed by atoms with Crippen molar-refractivity contribution in [3.05, 3.63) is 69.7 Å². The van der Waals surface area contributed by atoms with Gasteiger partial charge in [-0.15, -0.1) is 0 Å². The van der Waals surface area contributed by atoms with Gasteiger partial charge in [-0.1, -0.05) is 49.2 Å². The molecule has 1 aliphatic heterocycles. The maximum absolute atomic E-state index is 14.0. The molecular weight excluding hydrogens is 559 g/mol. The Hall–Kier alpha value is -2.07. The van der Waals surface area contributed by atoms with Gasteiger partial charge >= 0.3 is 5.97 Å². The van der Waals surface area contributed by atoms with Crippen molar-refractivity contribution in [2.75, 3.05) is 12.4 Å². The number of aliphatic carboxylic acids is 1. The molecular formula is C27H35Cl2F2NO5S. The van der Waals surface area contributed by atoms with Crippen LogP contribution in [-0.2, 0) is 25.1 Å². The molecule has 0 aliphatic carbocycles. The predicted molar refractivity (Wildman–Crippen MR) is 148 cm³/mol. The summed E-state index contributed by atoms with van der Waals surface area (Å²) in [6.07, 6.45) is -1.59. The van der Waals surface area contributed by atoms with E-state index in [4.69, 9.17) is 33.0 Å². The average molecular weight is 595 g/mol. The number of hydrogen-bond acceptors (Lipinski definition) is 4. The van der Waals surface area contributed by atoms with Crippen LogP contribution in [0.5, 0.6) is 0 Å². The molecule has 2 aromatic carbocycles. The monoisotopic (exact) mass is 593 g/mol. The van der Waals surface area contributed by atoms with Gasteiger partial charge in [0.2, 0.25) is 0 Å². The Morgan fingerprint density at radius 2 is 1.82 bits per heavy atom. The van der Waals surface area contributed by atoms with Crippen LogP contribution in [0.2, 0.25) is 10.0 Å². The highest BCUT2D eigenvalue weighted by molar-refractivity contribution is 7.86. The van der Waals surface area contributed by atoms with Gasteiger partial charge in [0.25, 0.3) is 5.91 Å². The lowest BCUT2D eigenvalue weighted by atomic mass is 10.0. The highest BCUT2D eigenvalue weighted by Gasteiger charge is 2.41. The molecule has 1 N–H and O–H groups in total. The van der Waals surface area contributed by atoms with E-state index < -0.39 is 57.8 Å². The fourth-order valence-electron chi connectivity index (χ4n) is 3.49. The summed E-state index contributed by atoms with van der Waals surface area (Å²) in [5, 5.41) is 9.44. The molecule has 3 rings (SSSR count). The number of carboxylic acids is 1. The summed E-state index contributed by atoms with van der Waals surface area (Å²) >= 11 is 11.2. The minimum Gasteiger partial charge on any atom is -0.481 e. The topological polar surface area (TPSA) is 83.9 Å². The Bertz CT molecular complexity index is 1100. The van der Waals surface area contributed by atoms with Crippen LogP contribution in [0.3, 0.4) is 0 Å². The van der Waals surface area contributed by atoms with Crippen LogP contribution in [0.1, 0.15) is 59.6 Å². The van der Waals surface area contributed by atoms with Crippen molar-refractivity contribution in [2.45, 2.75) is 70.9 Å². The third kappa shape index (κ3) is 10.2. The second-order valence-corrected chi connectivity index (χ2v) is 12.4. The summed E-state index contributed by atoms with van der Waals surface area (Å²) in [5.74, 6) is -2.36. The van der Waals surface area contributed by atoms with Crippen molar-refractivity contribution < 1.29 is 32.4 Å². The maximum atomic E-state index is 14.0. The van der Waals surface area contributed by atoms with Gasteiger partial charge < -0.3 is 14.7 Å². The molecule has 0 radical (unpaired) electrons. The first-order valence-electron chi connectivity index (χ1n) is 12.1. The van der Waals surface area contributed by atoms with Crippen molar-refractivity contribution in [3.8, 4) is 0 Å². The molecule has 1 saturated heterocycles. The van der Waals surface area contributed by atoms with E-state index in [-0.39, 0.29) is 23.2 Å². The fraction of sp³-hybridized carbons (Fsp3) is 0.481. The number of amides is 1. The molecule has 2 aromatic rings. The Morgan fingerprint density at radius 1 is 1.18 bits per heavy atom. The maximum Gasteiger partial charge on any atom is 0.306 e. The number of halogens is 4. The lowest BCUT2D eigenvalue weighted by Crippen LogP contribution is -2.55. The first kappa shape index (κ1) is 34.0. The number of hydrogen-bond donors (Lipinski definition) is 1. The van der Waals surface area contributed by atoms with Crippen LogP contribution in [-0.4, -0.2) is 55.3 Å². The van der Waals surface area contributed by atoms with Crippen LogP contribution in [0.15, 0.2) is 42.5 Å². The van der Waals surface area contributed by atoms with Gasteiger partial charge in [-0.2, -0.15) is 0 Å². The van der Waals surface area contributed by atoms with Gasteiger partial charge in [0.1, 0.15) is 17.7 Å². The molecule has 0 saturated carbocycles. The van der Waals surface area contributed by atoms with Crippen molar-refractivity contribution in [3.63, 3.8) is 0 Å². The van der Waals surface area contributed by atoms with E-state index in [0.29, 0.717) is 10.6 Å². The van der Waals surface area contributed by atoms with Crippen molar-refractivity contribution in [2.24, 2.45) is 0 Å². The first-order chi connectivity index (χ1) is 17.7. The molecule has 0 aromatic heterocycles. The lowest BCUT2D eigenvalue weighted by molar-refractivity contribution is -0.168. The third-order valence-corrected chi connectivity index (χ3v) is 8.04. The molecule has 212 valence electrons. The first-order valence-corrected chi connectivity index (χ1v) is 14.2. The number of carbonyl (C=O) groups excluding carboxylic acids is 1. The second kappa shape index (κ2) is 15.5. The van der Waals surface area contributed by atoms with E-state index in [1.807, 2.05) is 34.6 Å². The number of benzene rings is 2. The standard InChI is InChI=1S/C19H25ClFNO5S.C6H4ClF.C2H6/c1-11(10-28(26)19(2,3)4)22-15(12-5-6-13(20)14(21)7-12)9-27-16(18(22)25)8-17(23)24;7-5-2-1-3-6(8)4-5;1-2/h5-7,11,15-16H,8-10H2,1-4H3,(H,23,24);1-4H;1-2H3. The Kier molecular flexibility index (Phi) is 13.9.